The molecule has 1 aliphatic rings. The van der Waals surface area contributed by atoms with E-state index in [2.05, 4.69) is 10.6 Å². The zero-order valence-electron chi connectivity index (χ0n) is 8.73. The van der Waals surface area contributed by atoms with Gasteiger partial charge < -0.3 is 10.1 Å². The number of ether oxygens (including phenoxy) is 1. The van der Waals surface area contributed by atoms with Gasteiger partial charge in [-0.25, -0.2) is 0 Å². The van der Waals surface area contributed by atoms with Gasteiger partial charge in [0.25, 0.3) is 0 Å². The van der Waals surface area contributed by atoms with Gasteiger partial charge in [-0.1, -0.05) is 0 Å². The van der Waals surface area contributed by atoms with E-state index in [9.17, 15) is 4.79 Å². The second-order valence-electron chi connectivity index (χ2n) is 4.37. The minimum absolute atomic E-state index is 0.0504. The lowest BCUT2D eigenvalue weighted by molar-refractivity contribution is -0.119. The van der Waals surface area contributed by atoms with E-state index < -0.39 is 0 Å². The number of hydrogen-bond donors (Lipinski definition) is 2. The normalized spacial score (nSPS) is 29.1. The molecule has 1 atom stereocenters. The lowest BCUT2D eigenvalue weighted by Gasteiger charge is -2.33. The van der Waals surface area contributed by atoms with Gasteiger partial charge in [0.1, 0.15) is 0 Å². The summed E-state index contributed by atoms with van der Waals surface area (Å²) in [5.41, 5.74) is -0.546. The van der Waals surface area contributed by atoms with E-state index >= 15 is 0 Å². The molecule has 0 radical (unpaired) electrons. The van der Waals surface area contributed by atoms with Gasteiger partial charge in [-0.3, -0.25) is 10.1 Å². The van der Waals surface area contributed by atoms with Gasteiger partial charge in [0.2, 0.25) is 5.91 Å². The highest BCUT2D eigenvalue weighted by molar-refractivity contribution is 5.81. The van der Waals surface area contributed by atoms with Crippen LogP contribution < -0.4 is 10.6 Å². The van der Waals surface area contributed by atoms with Crippen molar-refractivity contribution in [3.05, 3.63) is 0 Å². The molecule has 0 bridgehead atoms. The third kappa shape index (κ3) is 2.67. The fraction of sp³-hybridized carbons (Fsp3) is 0.889. The molecule has 0 aromatic rings. The molecule has 4 heteroatoms. The Morgan fingerprint density at radius 2 is 2.23 bits per heavy atom. The maximum absolute atomic E-state index is 11.0. The number of methoxy groups -OCH3 is 1. The molecule has 0 spiro atoms. The summed E-state index contributed by atoms with van der Waals surface area (Å²) in [7, 11) is 1.68. The van der Waals surface area contributed by atoms with Crippen molar-refractivity contribution in [2.24, 2.45) is 0 Å². The molecule has 0 aromatic carbocycles. The van der Waals surface area contributed by atoms with Crippen LogP contribution in [0, 0.1) is 0 Å². The topological polar surface area (TPSA) is 50.4 Å². The van der Waals surface area contributed by atoms with Gasteiger partial charge in [-0.15, -0.1) is 0 Å². The maximum Gasteiger partial charge on any atom is 0.235 e. The minimum atomic E-state index is -0.323. The van der Waals surface area contributed by atoms with Crippen molar-refractivity contribution < 1.29 is 9.53 Å². The maximum atomic E-state index is 11.0. The zero-order valence-corrected chi connectivity index (χ0v) is 8.73. The highest BCUT2D eigenvalue weighted by Gasteiger charge is 2.37. The van der Waals surface area contributed by atoms with Crippen molar-refractivity contribution in [3.8, 4) is 0 Å². The predicted molar refractivity (Wildman–Crippen MR) is 50.3 cm³/mol. The Hall–Kier alpha value is -0.610. The Kier molecular flexibility index (Phi) is 2.63. The van der Waals surface area contributed by atoms with E-state index in [1.165, 1.54) is 0 Å². The quantitative estimate of drug-likeness (QED) is 0.663. The monoisotopic (exact) mass is 186 g/mol. The molecule has 1 unspecified atom stereocenters. The van der Waals surface area contributed by atoms with E-state index in [4.69, 9.17) is 4.74 Å². The van der Waals surface area contributed by atoms with Crippen molar-refractivity contribution in [3.63, 3.8) is 0 Å². The van der Waals surface area contributed by atoms with Gasteiger partial charge in [-0.2, -0.15) is 0 Å². The van der Waals surface area contributed by atoms with E-state index in [-0.39, 0.29) is 17.2 Å². The van der Waals surface area contributed by atoms with Crippen molar-refractivity contribution in [2.75, 3.05) is 13.7 Å². The average Bonchev–Trinajstić information content (AvgIpc) is 2.30. The Balaban J connectivity index is 2.57. The smallest absolute Gasteiger partial charge is 0.235 e. The molecule has 0 aromatic heterocycles. The molecule has 1 aliphatic heterocycles. The van der Waals surface area contributed by atoms with Crippen LogP contribution in [0.25, 0.3) is 0 Å². The fourth-order valence-corrected chi connectivity index (χ4v) is 1.70. The molecule has 1 heterocycles. The van der Waals surface area contributed by atoms with Crippen LogP contribution >= 0.6 is 0 Å². The zero-order chi connectivity index (χ0) is 10.1. The molecule has 1 saturated heterocycles. The Morgan fingerprint density at radius 1 is 1.62 bits per heavy atom. The van der Waals surface area contributed by atoms with Crippen molar-refractivity contribution in [1.29, 1.82) is 0 Å². The molecule has 0 aliphatic carbocycles. The minimum Gasteiger partial charge on any atom is -0.379 e. The summed E-state index contributed by atoms with van der Waals surface area (Å²) in [6.07, 6.45) is 0.752. The summed E-state index contributed by atoms with van der Waals surface area (Å²) in [4.78, 5) is 11.0. The number of rotatable bonds is 3. The van der Waals surface area contributed by atoms with Gasteiger partial charge in [0, 0.05) is 13.5 Å². The molecule has 2 N–H and O–H groups in total. The lowest BCUT2D eigenvalue weighted by Crippen LogP contribution is -2.51. The highest BCUT2D eigenvalue weighted by atomic mass is 16.5. The van der Waals surface area contributed by atoms with E-state index in [1.54, 1.807) is 7.11 Å². The van der Waals surface area contributed by atoms with E-state index in [0.717, 1.165) is 6.42 Å². The van der Waals surface area contributed by atoms with Gasteiger partial charge in [0.15, 0.2) is 0 Å². The second-order valence-corrected chi connectivity index (χ2v) is 4.37. The highest BCUT2D eigenvalue weighted by Crippen LogP contribution is 2.22. The van der Waals surface area contributed by atoms with Crippen LogP contribution in [0.5, 0.6) is 0 Å². The molecule has 13 heavy (non-hydrogen) atoms. The van der Waals surface area contributed by atoms with Crippen LogP contribution in [0.2, 0.25) is 0 Å². The number of carbonyl (C=O) groups is 1. The summed E-state index contributed by atoms with van der Waals surface area (Å²) < 4.78 is 5.31. The Labute approximate surface area is 79.0 Å². The van der Waals surface area contributed by atoms with Gasteiger partial charge >= 0.3 is 0 Å². The van der Waals surface area contributed by atoms with Crippen molar-refractivity contribution in [2.45, 2.75) is 38.5 Å². The first-order valence-corrected chi connectivity index (χ1v) is 4.48. The number of nitrogens with one attached hydrogen (secondary N) is 2. The molecule has 1 amide bonds. The molecule has 1 fully saturated rings. The summed E-state index contributed by atoms with van der Waals surface area (Å²) >= 11 is 0. The number of amides is 1. The van der Waals surface area contributed by atoms with Crippen LogP contribution in [0.4, 0.5) is 0 Å². The van der Waals surface area contributed by atoms with Crippen LogP contribution in [-0.2, 0) is 9.53 Å². The Morgan fingerprint density at radius 3 is 2.62 bits per heavy atom. The van der Waals surface area contributed by atoms with Crippen LogP contribution in [-0.4, -0.2) is 30.8 Å². The Bertz CT molecular complexity index is 216. The largest absolute Gasteiger partial charge is 0.379 e. The summed E-state index contributed by atoms with van der Waals surface area (Å²) in [5.74, 6) is 0.0504. The lowest BCUT2D eigenvalue weighted by atomic mass is 9.95. The van der Waals surface area contributed by atoms with E-state index in [0.29, 0.717) is 6.54 Å². The first kappa shape index (κ1) is 10.5. The third-order valence-corrected chi connectivity index (χ3v) is 2.39. The molecule has 76 valence electrons. The SMILES string of the molecule is COC(C)(C)CC1(C)NCC(=O)N1. The fourth-order valence-electron chi connectivity index (χ4n) is 1.70. The van der Waals surface area contributed by atoms with E-state index in [1.807, 2.05) is 20.8 Å². The summed E-state index contributed by atoms with van der Waals surface area (Å²) in [6, 6.07) is 0. The molecule has 0 saturated carbocycles. The number of carbonyl (C=O) groups excluding carboxylic acids is 1. The third-order valence-electron chi connectivity index (χ3n) is 2.39. The molecular formula is C9H18N2O2. The standard InChI is InChI=1S/C9H18N2O2/c1-8(2,13-4)6-9(3)10-5-7(12)11-9/h10H,5-6H2,1-4H3,(H,11,12). The second kappa shape index (κ2) is 3.27. The van der Waals surface area contributed by atoms with Gasteiger partial charge in [-0.05, 0) is 20.8 Å². The van der Waals surface area contributed by atoms with Gasteiger partial charge in [0.05, 0.1) is 17.8 Å². The summed E-state index contributed by atoms with van der Waals surface area (Å²) in [6.45, 7) is 6.38. The molecule has 4 nitrogen and oxygen atoms in total. The van der Waals surface area contributed by atoms with Crippen molar-refractivity contribution in [1.82, 2.24) is 10.6 Å². The number of hydrogen-bond acceptors (Lipinski definition) is 3. The van der Waals surface area contributed by atoms with Crippen LogP contribution in [0.15, 0.2) is 0 Å². The first-order chi connectivity index (χ1) is 5.87. The molecular weight excluding hydrogens is 168 g/mol. The van der Waals surface area contributed by atoms with Crippen LogP contribution in [0.3, 0.4) is 0 Å². The van der Waals surface area contributed by atoms with Crippen molar-refractivity contribution >= 4 is 5.91 Å². The summed E-state index contributed by atoms with van der Waals surface area (Å²) in [5, 5.41) is 6.02. The predicted octanol–water partition coefficient (Wildman–Crippen LogP) is 0.237. The average molecular weight is 186 g/mol. The molecule has 1 rings (SSSR count). The van der Waals surface area contributed by atoms with Crippen LogP contribution in [0.1, 0.15) is 27.2 Å². The first-order valence-electron chi connectivity index (χ1n) is 4.48.